The molecule has 1 aromatic carbocycles. The zero-order valence-electron chi connectivity index (χ0n) is 17.6. The quantitative estimate of drug-likeness (QED) is 0.631. The molecule has 3 aromatic rings. The molecule has 32 heavy (non-hydrogen) atoms. The van der Waals surface area contributed by atoms with Crippen LogP contribution < -0.4 is 5.73 Å². The molecule has 10 heteroatoms. The van der Waals surface area contributed by atoms with Crippen molar-refractivity contribution in [1.29, 1.82) is 0 Å². The van der Waals surface area contributed by atoms with Gasteiger partial charge in [0.2, 0.25) is 11.9 Å². The highest BCUT2D eigenvalue weighted by atomic mass is 19.1. The first-order valence-electron chi connectivity index (χ1n) is 11.1. The van der Waals surface area contributed by atoms with Gasteiger partial charge in [-0.3, -0.25) is 4.79 Å². The van der Waals surface area contributed by atoms with Gasteiger partial charge >= 0.3 is 0 Å². The summed E-state index contributed by atoms with van der Waals surface area (Å²) in [6.45, 7) is 1.76. The van der Waals surface area contributed by atoms with Crippen LogP contribution >= 0.6 is 0 Å². The second kappa shape index (κ2) is 6.57. The van der Waals surface area contributed by atoms with E-state index >= 15 is 0 Å². The number of carbonyl (C=O) groups excluding carboxylic acids is 1. The van der Waals surface area contributed by atoms with Gasteiger partial charge in [-0.1, -0.05) is 0 Å². The summed E-state index contributed by atoms with van der Waals surface area (Å²) in [5.74, 6) is -1.17. The maximum absolute atomic E-state index is 14.3. The zero-order valence-corrected chi connectivity index (χ0v) is 17.6. The zero-order chi connectivity index (χ0) is 22.4. The smallest absolute Gasteiger partial charge is 0.226 e. The number of nitrogens with two attached hydrogens (primary N) is 1. The van der Waals surface area contributed by atoms with Gasteiger partial charge in [0.15, 0.2) is 17.3 Å². The lowest BCUT2D eigenvalue weighted by molar-refractivity contribution is -0.154. The Hall–Kier alpha value is -2.88. The minimum Gasteiger partial charge on any atom is -0.390 e. The van der Waals surface area contributed by atoms with Crippen LogP contribution in [0.3, 0.4) is 0 Å². The van der Waals surface area contributed by atoms with E-state index in [1.807, 2.05) is 4.90 Å². The highest BCUT2D eigenvalue weighted by Crippen LogP contribution is 2.47. The van der Waals surface area contributed by atoms with Crippen LogP contribution in [0.1, 0.15) is 57.2 Å². The van der Waals surface area contributed by atoms with Gasteiger partial charge in [0, 0.05) is 30.0 Å². The largest absolute Gasteiger partial charge is 0.390 e. The van der Waals surface area contributed by atoms with Crippen molar-refractivity contribution < 1.29 is 18.7 Å². The summed E-state index contributed by atoms with van der Waals surface area (Å²) in [5, 5.41) is 14.8. The maximum atomic E-state index is 14.3. The van der Waals surface area contributed by atoms with Crippen molar-refractivity contribution in [3.05, 3.63) is 29.6 Å². The molecule has 1 amide bonds. The highest BCUT2D eigenvalue weighted by molar-refractivity contribution is 5.92. The summed E-state index contributed by atoms with van der Waals surface area (Å²) in [6, 6.07) is 2.13. The van der Waals surface area contributed by atoms with Crippen molar-refractivity contribution in [1.82, 2.24) is 24.5 Å². The summed E-state index contributed by atoms with van der Waals surface area (Å²) in [7, 11) is 0. The van der Waals surface area contributed by atoms with E-state index < -0.39 is 17.2 Å². The van der Waals surface area contributed by atoms with Crippen LogP contribution in [0.2, 0.25) is 0 Å². The fourth-order valence-electron chi connectivity index (χ4n) is 6.02. The lowest BCUT2D eigenvalue weighted by Crippen LogP contribution is -2.55. The molecule has 2 aromatic heterocycles. The van der Waals surface area contributed by atoms with Crippen molar-refractivity contribution in [3.63, 3.8) is 0 Å². The summed E-state index contributed by atoms with van der Waals surface area (Å²) in [5.41, 5.74) is 5.47. The summed E-state index contributed by atoms with van der Waals surface area (Å²) in [6.07, 6.45) is 4.45. The molecule has 6 rings (SSSR count). The molecule has 4 heterocycles. The van der Waals surface area contributed by atoms with E-state index in [0.29, 0.717) is 18.7 Å². The van der Waals surface area contributed by atoms with Crippen molar-refractivity contribution >= 4 is 28.4 Å². The lowest BCUT2D eigenvalue weighted by atomic mass is 9.71. The fourth-order valence-corrected chi connectivity index (χ4v) is 6.02. The summed E-state index contributed by atoms with van der Waals surface area (Å²) >= 11 is 0. The third-order valence-electron chi connectivity index (χ3n) is 7.47. The number of nitrogen functional groups attached to an aromatic ring is 1. The molecule has 3 N–H and O–H groups in total. The minimum atomic E-state index is -0.803. The summed E-state index contributed by atoms with van der Waals surface area (Å²) < 4.78 is 29.5. The first kappa shape index (κ1) is 19.8. The van der Waals surface area contributed by atoms with Crippen molar-refractivity contribution in [3.8, 4) is 0 Å². The molecule has 3 fully saturated rings. The van der Waals surface area contributed by atoms with E-state index in [2.05, 4.69) is 15.1 Å². The fraction of sp³-hybridized carbons (Fsp3) is 0.545. The summed E-state index contributed by atoms with van der Waals surface area (Å²) in [4.78, 5) is 23.9. The molecule has 2 saturated heterocycles. The van der Waals surface area contributed by atoms with Gasteiger partial charge in [0.05, 0.1) is 11.0 Å². The van der Waals surface area contributed by atoms with E-state index in [1.54, 1.807) is 6.92 Å². The lowest BCUT2D eigenvalue weighted by Gasteiger charge is -2.46. The molecule has 3 atom stereocenters. The number of anilines is 1. The van der Waals surface area contributed by atoms with Crippen molar-refractivity contribution in [2.45, 2.75) is 69.1 Å². The Morgan fingerprint density at radius 2 is 1.94 bits per heavy atom. The number of amides is 1. The second-order valence-corrected chi connectivity index (χ2v) is 9.79. The average Bonchev–Trinajstić information content (AvgIpc) is 3.28. The third kappa shape index (κ3) is 2.81. The molecule has 3 unspecified atom stereocenters. The molecular weight excluding hydrogens is 418 g/mol. The SMILES string of the molecule is CC1(O)CC(C(=O)N2C3CCC(c4nc5c6cc(F)cc(F)c6nc(N)n5n4)C2CC3)C1. The van der Waals surface area contributed by atoms with Crippen LogP contribution in [0.4, 0.5) is 14.7 Å². The average molecular weight is 442 g/mol. The van der Waals surface area contributed by atoms with Crippen LogP contribution in [-0.2, 0) is 4.79 Å². The van der Waals surface area contributed by atoms with Gasteiger partial charge in [-0.2, -0.15) is 4.52 Å². The van der Waals surface area contributed by atoms with Crippen molar-refractivity contribution in [2.24, 2.45) is 5.92 Å². The Morgan fingerprint density at radius 3 is 2.69 bits per heavy atom. The van der Waals surface area contributed by atoms with E-state index in [0.717, 1.165) is 31.7 Å². The minimum absolute atomic E-state index is 0.0264. The molecule has 3 aliphatic rings. The van der Waals surface area contributed by atoms with Crippen LogP contribution in [0, 0.1) is 17.6 Å². The number of carbonyl (C=O) groups is 1. The van der Waals surface area contributed by atoms with Gasteiger partial charge in [-0.05, 0) is 51.5 Å². The Morgan fingerprint density at radius 1 is 1.19 bits per heavy atom. The van der Waals surface area contributed by atoms with E-state index in [9.17, 15) is 18.7 Å². The molecule has 0 radical (unpaired) electrons. The first-order valence-corrected chi connectivity index (χ1v) is 11.1. The number of hydrogen-bond acceptors (Lipinski definition) is 6. The molecule has 168 valence electrons. The molecule has 0 spiro atoms. The predicted molar refractivity (Wildman–Crippen MR) is 112 cm³/mol. The molecule has 1 saturated carbocycles. The number of nitrogens with zero attached hydrogens (tertiary/aromatic N) is 5. The Labute approximate surface area is 182 Å². The van der Waals surface area contributed by atoms with E-state index in [1.165, 1.54) is 10.6 Å². The van der Waals surface area contributed by atoms with E-state index in [4.69, 9.17) is 5.73 Å². The standard InChI is InChI=1S/C22H24F2N6O2/c1-22(32)8-10(9-22)20(31)29-12-2-4-13(16(29)5-3-12)18-27-19-14-6-11(23)7-15(24)17(14)26-21(25)30(19)28-18/h6-7,10,12-13,16,32H,2-5,8-9H2,1H3,(H2,25,26). The molecule has 2 aliphatic heterocycles. The Kier molecular flexibility index (Phi) is 4.06. The second-order valence-electron chi connectivity index (χ2n) is 9.79. The van der Waals surface area contributed by atoms with Gasteiger partial charge in [-0.15, -0.1) is 5.10 Å². The molecule has 8 nitrogen and oxygen atoms in total. The van der Waals surface area contributed by atoms with Crippen LogP contribution in [0.5, 0.6) is 0 Å². The predicted octanol–water partition coefficient (Wildman–Crippen LogP) is 2.54. The molecule has 1 aliphatic carbocycles. The number of fused-ring (bicyclic) bond motifs is 5. The first-order chi connectivity index (χ1) is 15.2. The number of halogens is 2. The van der Waals surface area contributed by atoms with Crippen molar-refractivity contribution in [2.75, 3.05) is 5.73 Å². The Bertz CT molecular complexity index is 1270. The van der Waals surface area contributed by atoms with E-state index in [-0.39, 0.29) is 52.3 Å². The molecule has 2 bridgehead atoms. The van der Waals surface area contributed by atoms with Gasteiger partial charge in [0.1, 0.15) is 11.3 Å². The highest BCUT2D eigenvalue weighted by Gasteiger charge is 2.51. The van der Waals surface area contributed by atoms with Gasteiger partial charge in [0.25, 0.3) is 0 Å². The number of benzene rings is 1. The van der Waals surface area contributed by atoms with Crippen LogP contribution in [-0.4, -0.2) is 53.2 Å². The number of aliphatic hydroxyl groups is 1. The topological polar surface area (TPSA) is 110 Å². The normalized spacial score (nSPS) is 31.9. The maximum Gasteiger partial charge on any atom is 0.226 e. The number of piperidine rings is 1. The Balaban J connectivity index is 1.39. The van der Waals surface area contributed by atoms with Gasteiger partial charge in [-0.25, -0.2) is 18.7 Å². The number of rotatable bonds is 2. The number of aromatic nitrogens is 4. The third-order valence-corrected chi connectivity index (χ3v) is 7.47. The number of hydrogen-bond donors (Lipinski definition) is 2. The van der Waals surface area contributed by atoms with Crippen LogP contribution in [0.15, 0.2) is 12.1 Å². The molecular formula is C22H24F2N6O2. The monoisotopic (exact) mass is 442 g/mol. The van der Waals surface area contributed by atoms with Crippen LogP contribution in [0.25, 0.3) is 16.6 Å². The van der Waals surface area contributed by atoms with Gasteiger partial charge < -0.3 is 15.7 Å².